The molecule has 0 aliphatic carbocycles. The number of aliphatic carboxylic acids is 1. The van der Waals surface area contributed by atoms with E-state index in [1.807, 2.05) is 24.3 Å². The van der Waals surface area contributed by atoms with E-state index in [1.165, 1.54) is 0 Å². The molecule has 2 aromatic rings. The van der Waals surface area contributed by atoms with Crippen molar-refractivity contribution < 1.29 is 29.4 Å². The number of H-pyrrole nitrogens is 1. The number of thiol groups is 1. The second kappa shape index (κ2) is 11.3. The summed E-state index contributed by atoms with van der Waals surface area (Å²) in [4.78, 5) is 50.3. The predicted octanol–water partition coefficient (Wildman–Crippen LogP) is -1.87. The predicted molar refractivity (Wildman–Crippen MR) is 115 cm³/mol. The topological polar surface area (TPSA) is 187 Å². The maximum atomic E-state index is 12.2. The number of nitrogens with one attached hydrogen (secondary N) is 4. The number of amides is 3. The number of aromatic nitrogens is 1. The SMILES string of the molecule is NC(Cc1c[nH]c2ccccc12)C(=O)NCC(=O)NC(CO)C(=O)NC(CS)C(=O)O. The van der Waals surface area contributed by atoms with Crippen molar-refractivity contribution in [2.24, 2.45) is 5.73 Å². The molecule has 0 bridgehead atoms. The van der Waals surface area contributed by atoms with Crippen molar-refractivity contribution in [3.05, 3.63) is 36.0 Å². The van der Waals surface area contributed by atoms with Gasteiger partial charge in [-0.25, -0.2) is 4.79 Å². The summed E-state index contributed by atoms with van der Waals surface area (Å²) >= 11 is 3.82. The molecule has 168 valence electrons. The highest BCUT2D eigenvalue weighted by Gasteiger charge is 2.25. The van der Waals surface area contributed by atoms with E-state index in [-0.39, 0.29) is 12.2 Å². The van der Waals surface area contributed by atoms with Crippen molar-refractivity contribution in [3.63, 3.8) is 0 Å². The third kappa shape index (κ3) is 6.70. The van der Waals surface area contributed by atoms with Crippen molar-refractivity contribution in [1.29, 1.82) is 0 Å². The molecule has 0 fully saturated rings. The highest BCUT2D eigenvalue weighted by Crippen LogP contribution is 2.18. The number of benzene rings is 1. The minimum atomic E-state index is -1.38. The van der Waals surface area contributed by atoms with Gasteiger partial charge in [0.15, 0.2) is 0 Å². The van der Waals surface area contributed by atoms with Crippen LogP contribution in [-0.2, 0) is 25.6 Å². The molecule has 3 amide bonds. The van der Waals surface area contributed by atoms with E-state index in [0.717, 1.165) is 16.5 Å². The molecular weight excluding hydrogens is 426 g/mol. The number of fused-ring (bicyclic) bond motifs is 1. The standard InChI is InChI=1S/C19H25N5O6S/c20-12(5-10-6-21-13-4-2-1-3-11(10)13)17(27)22-7-16(26)23-14(8-25)18(28)24-15(9-31)19(29)30/h1-4,6,12,14-15,21,25,31H,5,7-9,20H2,(H,22,27)(H,23,26)(H,24,28)(H,29,30). The van der Waals surface area contributed by atoms with Crippen LogP contribution in [-0.4, -0.2) is 75.9 Å². The van der Waals surface area contributed by atoms with Crippen LogP contribution in [0.5, 0.6) is 0 Å². The summed E-state index contributed by atoms with van der Waals surface area (Å²) in [7, 11) is 0. The summed E-state index contributed by atoms with van der Waals surface area (Å²) in [5.74, 6) is -3.68. The first-order chi connectivity index (χ1) is 14.8. The molecule has 0 aliphatic heterocycles. The number of rotatable bonds is 11. The Morgan fingerprint density at radius 1 is 1.10 bits per heavy atom. The van der Waals surface area contributed by atoms with Gasteiger partial charge in [-0.05, 0) is 18.1 Å². The van der Waals surface area contributed by atoms with E-state index in [2.05, 4.69) is 33.6 Å². The number of hydrogen-bond acceptors (Lipinski definition) is 7. The quantitative estimate of drug-likeness (QED) is 0.184. The zero-order valence-electron chi connectivity index (χ0n) is 16.5. The maximum Gasteiger partial charge on any atom is 0.327 e. The van der Waals surface area contributed by atoms with Crippen molar-refractivity contribution in [3.8, 4) is 0 Å². The lowest BCUT2D eigenvalue weighted by molar-refractivity contribution is -0.141. The molecule has 11 nitrogen and oxygen atoms in total. The van der Waals surface area contributed by atoms with E-state index in [4.69, 9.17) is 10.8 Å². The zero-order chi connectivity index (χ0) is 23.0. The monoisotopic (exact) mass is 451 g/mol. The maximum absolute atomic E-state index is 12.2. The Labute approximate surface area is 183 Å². The molecule has 2 rings (SSSR count). The van der Waals surface area contributed by atoms with Gasteiger partial charge in [0.25, 0.3) is 0 Å². The largest absolute Gasteiger partial charge is 0.480 e. The number of carboxylic acids is 1. The number of aliphatic hydroxyl groups excluding tert-OH is 1. The normalized spacial score (nSPS) is 13.8. The molecule has 1 aromatic heterocycles. The molecule has 0 spiro atoms. The molecule has 3 atom stereocenters. The number of hydrogen-bond donors (Lipinski definition) is 8. The Hall–Kier alpha value is -3.09. The third-order valence-corrected chi connectivity index (χ3v) is 4.87. The minimum Gasteiger partial charge on any atom is -0.480 e. The van der Waals surface area contributed by atoms with Gasteiger partial charge in [0.2, 0.25) is 17.7 Å². The number of aliphatic hydroxyl groups is 1. The van der Waals surface area contributed by atoms with Crippen LogP contribution < -0.4 is 21.7 Å². The van der Waals surface area contributed by atoms with E-state index in [0.29, 0.717) is 0 Å². The molecule has 31 heavy (non-hydrogen) atoms. The van der Waals surface area contributed by atoms with Gasteiger partial charge in [-0.2, -0.15) is 12.6 Å². The first-order valence-electron chi connectivity index (χ1n) is 9.39. The van der Waals surface area contributed by atoms with Gasteiger partial charge >= 0.3 is 5.97 Å². The second-order valence-corrected chi connectivity index (χ2v) is 7.14. The van der Waals surface area contributed by atoms with Crippen LogP contribution >= 0.6 is 12.6 Å². The third-order valence-electron chi connectivity index (χ3n) is 4.51. The molecule has 8 N–H and O–H groups in total. The van der Waals surface area contributed by atoms with E-state index in [1.54, 1.807) is 6.20 Å². The lowest BCUT2D eigenvalue weighted by Crippen LogP contribution is -2.55. The van der Waals surface area contributed by atoms with Gasteiger partial charge in [0.1, 0.15) is 12.1 Å². The van der Waals surface area contributed by atoms with Crippen LogP contribution in [0.25, 0.3) is 10.9 Å². The van der Waals surface area contributed by atoms with Crippen LogP contribution in [0.1, 0.15) is 5.56 Å². The molecule has 1 heterocycles. The summed E-state index contributed by atoms with van der Waals surface area (Å²) in [6.45, 7) is -1.23. The molecule has 0 aliphatic rings. The molecule has 1 aromatic carbocycles. The van der Waals surface area contributed by atoms with E-state index in [9.17, 15) is 24.3 Å². The Morgan fingerprint density at radius 3 is 2.45 bits per heavy atom. The van der Waals surface area contributed by atoms with Gasteiger partial charge in [-0.1, -0.05) is 18.2 Å². The number of carboxylic acid groups (broad SMARTS) is 1. The van der Waals surface area contributed by atoms with Crippen LogP contribution in [0.15, 0.2) is 30.5 Å². The van der Waals surface area contributed by atoms with Crippen molar-refractivity contribution >= 4 is 47.2 Å². The van der Waals surface area contributed by atoms with Gasteiger partial charge in [-0.3, -0.25) is 14.4 Å². The average Bonchev–Trinajstić information content (AvgIpc) is 3.16. The second-order valence-electron chi connectivity index (χ2n) is 6.77. The summed E-state index contributed by atoms with van der Waals surface area (Å²) in [6.07, 6.45) is 2.02. The minimum absolute atomic E-state index is 0.169. The molecule has 0 radical (unpaired) electrons. The molecule has 0 saturated heterocycles. The fourth-order valence-corrected chi connectivity index (χ4v) is 3.07. The number of carbonyl (C=O) groups excluding carboxylic acids is 3. The fourth-order valence-electron chi connectivity index (χ4n) is 2.83. The van der Waals surface area contributed by atoms with E-state index < -0.39 is 55.0 Å². The highest BCUT2D eigenvalue weighted by molar-refractivity contribution is 7.80. The first-order valence-corrected chi connectivity index (χ1v) is 10.0. The Bertz CT molecular complexity index is 949. The lowest BCUT2D eigenvalue weighted by atomic mass is 10.1. The Balaban J connectivity index is 1.84. The van der Waals surface area contributed by atoms with Crippen LogP contribution in [0.4, 0.5) is 0 Å². The number of carbonyl (C=O) groups is 4. The smallest absolute Gasteiger partial charge is 0.327 e. The molecule has 3 unspecified atom stereocenters. The van der Waals surface area contributed by atoms with E-state index >= 15 is 0 Å². The summed E-state index contributed by atoms with van der Waals surface area (Å²) in [5, 5.41) is 25.9. The summed E-state index contributed by atoms with van der Waals surface area (Å²) in [6, 6.07) is 4.00. The van der Waals surface area contributed by atoms with Crippen LogP contribution in [0.3, 0.4) is 0 Å². The molecule has 12 heteroatoms. The summed E-state index contributed by atoms with van der Waals surface area (Å²) < 4.78 is 0. The van der Waals surface area contributed by atoms with Gasteiger partial charge in [0.05, 0.1) is 19.2 Å². The lowest BCUT2D eigenvalue weighted by Gasteiger charge is -2.19. The molecular formula is C19H25N5O6S. The first kappa shape index (κ1) is 24.2. The number of para-hydroxylation sites is 1. The van der Waals surface area contributed by atoms with Crippen molar-refractivity contribution in [2.75, 3.05) is 18.9 Å². The Morgan fingerprint density at radius 2 is 1.81 bits per heavy atom. The van der Waals surface area contributed by atoms with Crippen molar-refractivity contribution in [1.82, 2.24) is 20.9 Å². The van der Waals surface area contributed by atoms with Crippen LogP contribution in [0, 0.1) is 0 Å². The highest BCUT2D eigenvalue weighted by atomic mass is 32.1. The summed E-state index contributed by atoms with van der Waals surface area (Å²) in [5.41, 5.74) is 7.71. The van der Waals surface area contributed by atoms with Gasteiger partial charge in [-0.15, -0.1) is 0 Å². The zero-order valence-corrected chi connectivity index (χ0v) is 17.4. The number of aromatic amines is 1. The fraction of sp³-hybridized carbons (Fsp3) is 0.368. The van der Waals surface area contributed by atoms with Gasteiger partial charge < -0.3 is 36.9 Å². The van der Waals surface area contributed by atoms with Crippen LogP contribution in [0.2, 0.25) is 0 Å². The van der Waals surface area contributed by atoms with Gasteiger partial charge in [0, 0.05) is 22.9 Å². The number of nitrogens with two attached hydrogens (primary N) is 1. The average molecular weight is 452 g/mol. The molecule has 0 saturated carbocycles. The Kier molecular flexibility index (Phi) is 8.85. The van der Waals surface area contributed by atoms with Crippen molar-refractivity contribution in [2.45, 2.75) is 24.5 Å².